The van der Waals surface area contributed by atoms with Crippen LogP contribution in [-0.4, -0.2) is 11.3 Å². The average molecular weight is 230 g/mol. The molecule has 0 atom stereocenters. The van der Waals surface area contributed by atoms with Crippen molar-refractivity contribution in [3.8, 4) is 0 Å². The van der Waals surface area contributed by atoms with E-state index in [0.717, 1.165) is 11.3 Å². The fraction of sp³-hybridized carbons (Fsp3) is 1.00. The molecule has 0 unspecified atom stereocenters. The summed E-state index contributed by atoms with van der Waals surface area (Å²) >= 11 is 5.88. The third-order valence-electron chi connectivity index (χ3n) is 4.02. The fourth-order valence-electron chi connectivity index (χ4n) is 3.11. The Kier molecular flexibility index (Phi) is 4.50. The predicted molar refractivity (Wildman–Crippen MR) is 69.4 cm³/mol. The van der Waals surface area contributed by atoms with Crippen LogP contribution in [0.3, 0.4) is 0 Å². The van der Waals surface area contributed by atoms with Crippen molar-refractivity contribution >= 4 is 18.5 Å². The molecule has 0 radical (unpaired) electrons. The van der Waals surface area contributed by atoms with Gasteiger partial charge in [0.1, 0.15) is 0 Å². The van der Waals surface area contributed by atoms with Crippen LogP contribution in [0.1, 0.15) is 64.2 Å². The minimum atomic E-state index is -0.408. The van der Waals surface area contributed by atoms with Gasteiger partial charge in [0.05, 0.1) is 0 Å². The zero-order valence-corrected chi connectivity index (χ0v) is 11.0. The molecule has 82 valence electrons. The Morgan fingerprint density at radius 3 is 1.36 bits per heavy atom. The van der Waals surface area contributed by atoms with Crippen LogP contribution in [0.2, 0.25) is 0 Å². The highest BCUT2D eigenvalue weighted by Crippen LogP contribution is 2.47. The molecule has 0 aromatic rings. The molecule has 0 aliphatic heterocycles. The summed E-state index contributed by atoms with van der Waals surface area (Å²) in [6, 6.07) is 0. The lowest BCUT2D eigenvalue weighted by molar-refractivity contribution is 0.489. The van der Waals surface area contributed by atoms with E-state index in [1.54, 1.807) is 0 Å². The Labute approximate surface area is 94.3 Å². The van der Waals surface area contributed by atoms with Crippen LogP contribution in [0.25, 0.3) is 0 Å². The van der Waals surface area contributed by atoms with Crippen molar-refractivity contribution in [2.45, 2.75) is 75.5 Å². The molecular formula is C12H23PS. The Morgan fingerprint density at radius 2 is 1.00 bits per heavy atom. The Bertz CT molecular complexity index is 170. The summed E-state index contributed by atoms with van der Waals surface area (Å²) in [5, 5.41) is 0. The molecule has 0 nitrogen and oxygen atoms in total. The van der Waals surface area contributed by atoms with Crippen LogP contribution in [-0.2, 0) is 11.8 Å². The summed E-state index contributed by atoms with van der Waals surface area (Å²) in [4.78, 5) is 0. The van der Waals surface area contributed by atoms with Gasteiger partial charge in [-0.2, -0.15) is 0 Å². The minimum Gasteiger partial charge on any atom is -0.100 e. The maximum absolute atomic E-state index is 5.88. The lowest BCUT2D eigenvalue weighted by Crippen LogP contribution is -2.16. The van der Waals surface area contributed by atoms with Crippen LogP contribution in [0.4, 0.5) is 0 Å². The Morgan fingerprint density at radius 1 is 0.643 bits per heavy atom. The molecule has 2 aliphatic carbocycles. The molecule has 0 aromatic carbocycles. The van der Waals surface area contributed by atoms with Crippen molar-refractivity contribution < 1.29 is 0 Å². The van der Waals surface area contributed by atoms with Crippen LogP contribution >= 0.6 is 6.70 Å². The van der Waals surface area contributed by atoms with Crippen molar-refractivity contribution in [2.75, 3.05) is 0 Å². The van der Waals surface area contributed by atoms with E-state index in [-0.39, 0.29) is 0 Å². The van der Waals surface area contributed by atoms with Crippen LogP contribution in [0.15, 0.2) is 0 Å². The van der Waals surface area contributed by atoms with Gasteiger partial charge in [0, 0.05) is 0 Å². The first-order valence-electron chi connectivity index (χ1n) is 6.41. The quantitative estimate of drug-likeness (QED) is 0.636. The molecule has 2 saturated carbocycles. The largest absolute Gasteiger partial charge is 0.100 e. The third-order valence-corrected chi connectivity index (χ3v) is 8.78. The van der Waals surface area contributed by atoms with Crippen LogP contribution in [0, 0.1) is 0 Å². The van der Waals surface area contributed by atoms with E-state index in [4.69, 9.17) is 11.8 Å². The molecule has 2 aliphatic rings. The van der Waals surface area contributed by atoms with E-state index in [9.17, 15) is 0 Å². The molecule has 2 fully saturated rings. The maximum Gasteiger partial charge on any atom is -0.0141 e. The highest BCUT2D eigenvalue weighted by Gasteiger charge is 2.24. The van der Waals surface area contributed by atoms with Crippen molar-refractivity contribution in [1.82, 2.24) is 0 Å². The minimum absolute atomic E-state index is 0.408. The highest BCUT2D eigenvalue weighted by molar-refractivity contribution is 8.05. The van der Waals surface area contributed by atoms with Crippen molar-refractivity contribution in [3.63, 3.8) is 0 Å². The van der Waals surface area contributed by atoms with Crippen molar-refractivity contribution in [1.29, 1.82) is 0 Å². The van der Waals surface area contributed by atoms with Gasteiger partial charge in [-0.3, -0.25) is 0 Å². The topological polar surface area (TPSA) is 0 Å². The molecule has 2 rings (SSSR count). The van der Waals surface area contributed by atoms with Gasteiger partial charge in [-0.05, 0) is 37.0 Å². The fourth-order valence-corrected chi connectivity index (χ4v) is 7.14. The average Bonchev–Trinajstić information content (AvgIpc) is 2.30. The van der Waals surface area contributed by atoms with Gasteiger partial charge in [-0.15, -0.1) is 11.8 Å². The summed E-state index contributed by atoms with van der Waals surface area (Å²) in [7, 11) is 0. The molecule has 14 heavy (non-hydrogen) atoms. The Balaban J connectivity index is 1.85. The predicted octanol–water partition coefficient (Wildman–Crippen LogP) is 4.33. The first-order chi connectivity index (χ1) is 6.88. The second-order valence-electron chi connectivity index (χ2n) is 5.07. The van der Waals surface area contributed by atoms with Crippen LogP contribution in [0.5, 0.6) is 0 Å². The van der Waals surface area contributed by atoms with Gasteiger partial charge >= 0.3 is 0 Å². The van der Waals surface area contributed by atoms with E-state index in [1.807, 2.05) is 0 Å². The summed E-state index contributed by atoms with van der Waals surface area (Å²) in [5.74, 6) is 0. The maximum atomic E-state index is 5.88. The molecule has 0 N–H and O–H groups in total. The highest BCUT2D eigenvalue weighted by atomic mass is 32.4. The standard InChI is InChI=1S/C12H23PS/c14-13(11-7-3-1-4-8-11)12-9-5-2-6-10-12/h11-13H,1-10H2. The van der Waals surface area contributed by atoms with E-state index in [1.165, 1.54) is 64.2 Å². The smallest absolute Gasteiger partial charge is 0.0141 e. The summed E-state index contributed by atoms with van der Waals surface area (Å²) < 4.78 is 0. The summed E-state index contributed by atoms with van der Waals surface area (Å²) in [6.07, 6.45) is 14.8. The zero-order valence-electron chi connectivity index (χ0n) is 9.13. The summed E-state index contributed by atoms with van der Waals surface area (Å²) in [6.45, 7) is -0.408. The van der Waals surface area contributed by atoms with Gasteiger partial charge in [0.2, 0.25) is 0 Å². The van der Waals surface area contributed by atoms with Gasteiger partial charge in [-0.1, -0.05) is 45.2 Å². The first-order valence-corrected chi connectivity index (χ1v) is 9.20. The van der Waals surface area contributed by atoms with Gasteiger partial charge in [0.25, 0.3) is 0 Å². The molecule has 0 spiro atoms. The van der Waals surface area contributed by atoms with E-state index in [2.05, 4.69) is 0 Å². The number of hydrogen-bond donors (Lipinski definition) is 0. The second-order valence-corrected chi connectivity index (χ2v) is 8.92. The van der Waals surface area contributed by atoms with Crippen molar-refractivity contribution in [3.05, 3.63) is 0 Å². The SMILES string of the molecule is S=[PH](C1CCCCC1)C1CCCCC1. The monoisotopic (exact) mass is 230 g/mol. The second kappa shape index (κ2) is 5.66. The molecule has 0 bridgehead atoms. The van der Waals surface area contributed by atoms with E-state index >= 15 is 0 Å². The normalized spacial score (nSPS) is 26.9. The van der Waals surface area contributed by atoms with Crippen molar-refractivity contribution in [2.24, 2.45) is 0 Å². The molecule has 0 aromatic heterocycles. The van der Waals surface area contributed by atoms with E-state index in [0.29, 0.717) is 0 Å². The van der Waals surface area contributed by atoms with Gasteiger partial charge in [-0.25, -0.2) is 0 Å². The molecular weight excluding hydrogens is 207 g/mol. The zero-order chi connectivity index (χ0) is 9.80. The number of rotatable bonds is 2. The summed E-state index contributed by atoms with van der Waals surface area (Å²) in [5.41, 5.74) is 2.01. The molecule has 0 amide bonds. The molecule has 2 heteroatoms. The molecule has 0 saturated heterocycles. The third kappa shape index (κ3) is 2.83. The lowest BCUT2D eigenvalue weighted by Gasteiger charge is -2.31. The molecule has 0 heterocycles. The lowest BCUT2D eigenvalue weighted by atomic mass is 10.00. The van der Waals surface area contributed by atoms with Gasteiger partial charge < -0.3 is 0 Å². The number of hydrogen-bond acceptors (Lipinski definition) is 1. The van der Waals surface area contributed by atoms with Gasteiger partial charge in [0.15, 0.2) is 0 Å². The Hall–Kier alpha value is 0.650. The van der Waals surface area contributed by atoms with E-state index < -0.39 is 6.70 Å². The van der Waals surface area contributed by atoms with Crippen LogP contribution < -0.4 is 0 Å². The first kappa shape index (κ1) is 11.1.